The first-order valence-corrected chi connectivity index (χ1v) is 20.6. The number of terminal acetylenes is 1. The summed E-state index contributed by atoms with van der Waals surface area (Å²) in [4.78, 5) is 48.0. The van der Waals surface area contributed by atoms with Gasteiger partial charge in [-0.3, -0.25) is 23.7 Å². The quantitative estimate of drug-likeness (QED) is 0.0258. The van der Waals surface area contributed by atoms with Crippen LogP contribution in [0.5, 0.6) is 0 Å². The first-order valence-electron chi connectivity index (χ1n) is 18.2. The second-order valence-electron chi connectivity index (χ2n) is 12.2. The lowest BCUT2D eigenvalue weighted by molar-refractivity contribution is -0.245. The minimum absolute atomic E-state index is 0. The molecule has 1 amide bonds. The zero-order valence-corrected chi connectivity index (χ0v) is 33.2. The lowest BCUT2D eigenvalue weighted by Crippen LogP contribution is -2.41. The van der Waals surface area contributed by atoms with E-state index in [1.807, 2.05) is 0 Å². The molecule has 0 aromatic carbocycles. The summed E-state index contributed by atoms with van der Waals surface area (Å²) in [6, 6.07) is 0. The first-order chi connectivity index (χ1) is 28.1. The third-order valence-corrected chi connectivity index (χ3v) is 9.88. The molecular weight excluding hydrogens is 813 g/mol. The number of rotatable bonds is 28. The Kier molecular flexibility index (Phi) is 18.7. The van der Waals surface area contributed by atoms with Gasteiger partial charge in [0.25, 0.3) is 13.4 Å². The van der Waals surface area contributed by atoms with Gasteiger partial charge in [0.05, 0.1) is 98.7 Å². The van der Waals surface area contributed by atoms with Gasteiger partial charge in [0.15, 0.2) is 22.5 Å². The summed E-state index contributed by atoms with van der Waals surface area (Å²) < 4.78 is 68.0. The van der Waals surface area contributed by atoms with Gasteiger partial charge in [0.1, 0.15) is 37.2 Å². The number of thioether (sulfide) groups is 1. The Morgan fingerprint density at radius 3 is 2.31 bits per heavy atom. The second-order valence-corrected chi connectivity index (χ2v) is 14.7. The van der Waals surface area contributed by atoms with Crippen LogP contribution in [-0.2, 0) is 69.5 Å². The third-order valence-electron chi connectivity index (χ3n) is 7.96. The number of phosphoric ester groups is 1. The number of nitrogens with one attached hydrogen (secondary N) is 2. The Morgan fingerprint density at radius 2 is 1.67 bits per heavy atom. The molecule has 58 heavy (non-hydrogen) atoms. The van der Waals surface area contributed by atoms with Crippen molar-refractivity contribution in [2.75, 3.05) is 111 Å². The van der Waals surface area contributed by atoms with Crippen molar-refractivity contribution in [1.29, 1.82) is 0 Å². The number of nitrogens with zero attached hydrogens (tertiary/aromatic N) is 6. The summed E-state index contributed by atoms with van der Waals surface area (Å²) in [5.74, 6) is 2.10. The first kappa shape index (κ1) is 45.5. The van der Waals surface area contributed by atoms with E-state index in [-0.39, 0.29) is 68.3 Å². The van der Waals surface area contributed by atoms with Crippen LogP contribution >= 0.6 is 19.6 Å². The zero-order chi connectivity index (χ0) is 41.2. The van der Waals surface area contributed by atoms with Crippen molar-refractivity contribution < 1.29 is 67.7 Å². The number of phosphoric acid groups is 1. The van der Waals surface area contributed by atoms with Crippen molar-refractivity contribution in [2.45, 2.75) is 42.8 Å². The number of fused-ring (bicyclic) bond motifs is 2. The van der Waals surface area contributed by atoms with Gasteiger partial charge in [-0.15, -0.1) is 11.5 Å². The molecule has 2 saturated heterocycles. The number of hydrogen-bond acceptors (Lipinski definition) is 21. The van der Waals surface area contributed by atoms with Crippen molar-refractivity contribution in [2.24, 2.45) is 0 Å². The molecule has 322 valence electrons. The fourth-order valence-corrected chi connectivity index (χ4v) is 7.22. The molecule has 0 aliphatic carbocycles. The van der Waals surface area contributed by atoms with Crippen LogP contribution in [0, 0.1) is 12.3 Å². The molecule has 0 radical (unpaired) electrons. The molecule has 0 saturated carbocycles. The number of hydrogen-bond donors (Lipinski definition) is 4. The largest absolute Gasteiger partial charge is 1.00 e. The smallest absolute Gasteiger partial charge is 0.756 e. The minimum Gasteiger partial charge on any atom is -0.756 e. The Balaban J connectivity index is 0.00000769. The maximum absolute atomic E-state index is 12.6. The number of aliphatic hydroxyl groups excluding tert-OH is 1. The van der Waals surface area contributed by atoms with Crippen molar-refractivity contribution in [3.8, 4) is 12.3 Å². The molecule has 2 aliphatic heterocycles. The fourth-order valence-electron chi connectivity index (χ4n) is 5.40. The normalized spacial score (nSPS) is 21.7. The molecule has 0 spiro atoms. The summed E-state index contributed by atoms with van der Waals surface area (Å²) in [6.07, 6.45) is 1.77. The van der Waals surface area contributed by atoms with Crippen molar-refractivity contribution in [1.82, 2.24) is 39.8 Å². The molecular formula is C32H48N9O15PS. The van der Waals surface area contributed by atoms with E-state index >= 15 is 0 Å². The van der Waals surface area contributed by atoms with Crippen molar-refractivity contribution >= 4 is 42.6 Å². The summed E-state index contributed by atoms with van der Waals surface area (Å²) in [6.45, 7) is 5.31. The van der Waals surface area contributed by atoms with Gasteiger partial charge in [-0.05, 0) is 0 Å². The number of carbonyl (C=O) groups excluding carboxylic acids is 1. The number of anilines is 1. The minimum atomic E-state index is -4.63. The highest BCUT2D eigenvalue weighted by atomic mass is 32.2. The van der Waals surface area contributed by atoms with E-state index in [1.165, 1.54) is 9.25 Å². The van der Waals surface area contributed by atoms with Gasteiger partial charge < -0.3 is 68.0 Å². The van der Waals surface area contributed by atoms with Gasteiger partial charge in [0.2, 0.25) is 11.9 Å². The number of H-pyrrole nitrogens is 1. The van der Waals surface area contributed by atoms with Crippen LogP contribution in [0.1, 0.15) is 13.3 Å². The molecule has 26 heteroatoms. The van der Waals surface area contributed by atoms with Gasteiger partial charge >= 0.3 is 1.43 Å². The predicted molar refractivity (Wildman–Crippen MR) is 199 cm³/mol. The van der Waals surface area contributed by atoms with Crippen molar-refractivity contribution in [3.05, 3.63) is 22.2 Å². The van der Waals surface area contributed by atoms with Gasteiger partial charge in [-0.25, -0.2) is 9.67 Å². The number of nitrogens with two attached hydrogens (primary N) is 1. The van der Waals surface area contributed by atoms with E-state index in [2.05, 4.69) is 36.5 Å². The van der Waals surface area contributed by atoms with Crippen LogP contribution in [-0.4, -0.2) is 169 Å². The summed E-state index contributed by atoms with van der Waals surface area (Å²) >= 11 is 1.13. The molecule has 5 atom stereocenters. The van der Waals surface area contributed by atoms with Crippen LogP contribution in [0.4, 0.5) is 5.95 Å². The molecule has 5 heterocycles. The van der Waals surface area contributed by atoms with Gasteiger partial charge in [-0.1, -0.05) is 22.9 Å². The lowest BCUT2D eigenvalue weighted by atomic mass is 10.1. The number of aliphatic hydroxyl groups is 1. The third kappa shape index (κ3) is 14.3. The number of ether oxygens (including phenoxy) is 8. The highest BCUT2D eigenvalue weighted by Gasteiger charge is 2.51. The molecule has 24 nitrogen and oxygen atoms in total. The second kappa shape index (κ2) is 23.9. The average molecular weight is 862 g/mol. The molecule has 2 aliphatic rings. The van der Waals surface area contributed by atoms with E-state index in [0.29, 0.717) is 85.0 Å². The van der Waals surface area contributed by atoms with E-state index in [9.17, 15) is 24.2 Å². The molecule has 5 N–H and O–H groups in total. The molecule has 3 aromatic heterocycles. The summed E-state index contributed by atoms with van der Waals surface area (Å²) in [5, 5.41) is 22.0. The van der Waals surface area contributed by atoms with E-state index in [0.717, 1.165) is 11.8 Å². The van der Waals surface area contributed by atoms with Crippen LogP contribution in [0.2, 0.25) is 0 Å². The molecule has 3 aromatic rings. The van der Waals surface area contributed by atoms with Crippen LogP contribution in [0.3, 0.4) is 0 Å². The lowest BCUT2D eigenvalue weighted by Gasteiger charge is -2.34. The Bertz CT molecular complexity index is 1880. The fraction of sp³-hybridized carbons (Fsp3) is 0.688. The van der Waals surface area contributed by atoms with Crippen LogP contribution < -0.4 is 21.5 Å². The molecule has 3 unspecified atom stereocenters. The number of aromatic amines is 1. The molecule has 5 rings (SSSR count). The molecule has 2 fully saturated rings. The molecule has 0 bridgehead atoms. The Labute approximate surface area is 337 Å². The SMILES string of the molecule is C#CCOCCOCCOCCOCCOCCOCCOCc1cn(CC(=O)NCCSc2nc3c(=O)[nH]c(N)nc3n2[C@@H]2OC3COP(=O)([O-])O[C@H]3C2O)nn1.[H+]. The number of aromatic nitrogens is 7. The number of nitrogen functional groups attached to an aromatic ring is 1. The van der Waals surface area contributed by atoms with E-state index < -0.39 is 37.9 Å². The van der Waals surface area contributed by atoms with E-state index in [4.69, 9.17) is 59.1 Å². The zero-order valence-electron chi connectivity index (χ0n) is 32.5. The topological polar surface area (TPSA) is 302 Å². The predicted octanol–water partition coefficient (Wildman–Crippen LogP) is -2.29. The number of amides is 1. The highest BCUT2D eigenvalue weighted by molar-refractivity contribution is 7.99. The highest BCUT2D eigenvalue weighted by Crippen LogP contribution is 2.50. The van der Waals surface area contributed by atoms with Crippen LogP contribution in [0.25, 0.3) is 11.2 Å². The number of imidazole rings is 1. The maximum atomic E-state index is 12.6. The maximum Gasteiger partial charge on any atom is 1.00 e. The van der Waals surface area contributed by atoms with Gasteiger partial charge in [0, 0.05) is 12.3 Å². The standard InChI is InChI=1S/C32H48N9O15PS/c1-2-4-47-5-6-48-7-8-49-9-10-50-11-12-51-13-14-52-15-16-53-20-22-18-40(39-38-22)19-24(42)34-3-17-58-32-35-25-28(36-31(33)37-29(25)44)41(32)30-26(43)27-23(55-30)21-54-57(45,46)56-27/h1,18,23,26-27,30,43H,3-17,19-21H2,(H,34,42)(H,45,46)(H3,33,36,37,44)/t23?,26?,27-,30-/m1/s1. The van der Waals surface area contributed by atoms with E-state index in [1.54, 1.807) is 6.20 Å². The Morgan fingerprint density at radius 1 is 1.05 bits per heavy atom. The van der Waals surface area contributed by atoms with Crippen molar-refractivity contribution in [3.63, 3.8) is 0 Å². The summed E-state index contributed by atoms with van der Waals surface area (Å²) in [7, 11) is -4.63. The average Bonchev–Trinajstić information content (AvgIpc) is 3.88. The number of carbonyl (C=O) groups is 1. The van der Waals surface area contributed by atoms with Crippen LogP contribution in [0.15, 0.2) is 16.1 Å². The monoisotopic (exact) mass is 861 g/mol. The van der Waals surface area contributed by atoms with Gasteiger partial charge in [-0.2, -0.15) is 4.98 Å². The summed E-state index contributed by atoms with van der Waals surface area (Å²) in [5.41, 5.74) is 5.58. The Hall–Kier alpha value is -3.58.